The number of benzene rings is 2. The standard InChI is InChI=1S/C33H46S/c1-7-12-16-24(6)32-23-31-21-30(28(11-5)22-33(31)34-32)18-15-13-14-17-29-20-26(9-3)25(8-2)19-27(29)10-4/h7,19-22,32H,1,6,8-18,23H2,2-5H3. The lowest BCUT2D eigenvalue weighted by Crippen LogP contribution is -2.04. The Balaban J connectivity index is 1.56. The molecule has 2 aromatic carbocycles. The zero-order chi connectivity index (χ0) is 24.5. The first-order valence-corrected chi connectivity index (χ1v) is 14.7. The van der Waals surface area contributed by atoms with Gasteiger partial charge in [0.05, 0.1) is 0 Å². The smallest absolute Gasteiger partial charge is 0.0342 e. The molecule has 0 fully saturated rings. The second-order valence-electron chi connectivity index (χ2n) is 9.89. The minimum atomic E-state index is 0.551. The van der Waals surface area contributed by atoms with Crippen LogP contribution in [-0.4, -0.2) is 5.25 Å². The van der Waals surface area contributed by atoms with Crippen LogP contribution in [0.5, 0.6) is 0 Å². The Morgan fingerprint density at radius 3 is 1.91 bits per heavy atom. The third kappa shape index (κ3) is 6.69. The molecule has 0 aliphatic carbocycles. The Morgan fingerprint density at radius 2 is 1.32 bits per heavy atom. The first kappa shape index (κ1) is 26.9. The Hall–Kier alpha value is -1.73. The summed E-state index contributed by atoms with van der Waals surface area (Å²) in [6.45, 7) is 17.4. The highest BCUT2D eigenvalue weighted by Crippen LogP contribution is 2.42. The number of allylic oxidation sites excluding steroid dienone is 1. The van der Waals surface area contributed by atoms with Gasteiger partial charge in [-0.3, -0.25) is 0 Å². The molecule has 0 spiro atoms. The van der Waals surface area contributed by atoms with Gasteiger partial charge in [0.1, 0.15) is 0 Å². The molecule has 0 bridgehead atoms. The van der Waals surface area contributed by atoms with Crippen LogP contribution in [0.25, 0.3) is 0 Å². The minimum Gasteiger partial charge on any atom is -0.118 e. The van der Waals surface area contributed by atoms with E-state index in [-0.39, 0.29) is 0 Å². The zero-order valence-electron chi connectivity index (χ0n) is 22.3. The number of thioether (sulfide) groups is 1. The second kappa shape index (κ2) is 13.4. The van der Waals surface area contributed by atoms with Crippen LogP contribution >= 0.6 is 11.8 Å². The van der Waals surface area contributed by atoms with Crippen LogP contribution in [0, 0.1) is 0 Å². The SMILES string of the molecule is C=CCCC(=C)C1Cc2cc(CCCCCc3cc(CC)c(CC)cc3CC)c(CC)cc2S1. The molecule has 34 heavy (non-hydrogen) atoms. The first-order chi connectivity index (χ1) is 16.5. The molecule has 0 saturated heterocycles. The third-order valence-corrected chi connectivity index (χ3v) is 9.04. The van der Waals surface area contributed by atoms with Crippen molar-refractivity contribution < 1.29 is 0 Å². The van der Waals surface area contributed by atoms with E-state index in [0.717, 1.165) is 44.9 Å². The van der Waals surface area contributed by atoms with E-state index < -0.39 is 0 Å². The van der Waals surface area contributed by atoms with Crippen LogP contribution in [0.2, 0.25) is 0 Å². The van der Waals surface area contributed by atoms with Gasteiger partial charge in [-0.15, -0.1) is 18.3 Å². The van der Waals surface area contributed by atoms with E-state index in [1.165, 1.54) is 42.6 Å². The molecular weight excluding hydrogens is 428 g/mol. The van der Waals surface area contributed by atoms with Crippen molar-refractivity contribution >= 4 is 11.8 Å². The predicted molar refractivity (Wildman–Crippen MR) is 154 cm³/mol. The van der Waals surface area contributed by atoms with Crippen molar-refractivity contribution in [2.24, 2.45) is 0 Å². The van der Waals surface area contributed by atoms with Gasteiger partial charge in [0.2, 0.25) is 0 Å². The van der Waals surface area contributed by atoms with Crippen molar-refractivity contribution in [2.75, 3.05) is 0 Å². The molecule has 1 heterocycles. The normalized spacial score (nSPS) is 14.9. The summed E-state index contributed by atoms with van der Waals surface area (Å²) in [4.78, 5) is 1.50. The van der Waals surface area contributed by atoms with Crippen molar-refractivity contribution in [3.8, 4) is 0 Å². The molecule has 1 aliphatic heterocycles. The van der Waals surface area contributed by atoms with Gasteiger partial charge in [-0.1, -0.05) is 70.5 Å². The van der Waals surface area contributed by atoms with Crippen LogP contribution in [0.4, 0.5) is 0 Å². The molecule has 0 aromatic heterocycles. The molecule has 1 heteroatoms. The molecule has 0 amide bonds. The van der Waals surface area contributed by atoms with Crippen LogP contribution in [0.1, 0.15) is 98.7 Å². The summed E-state index contributed by atoms with van der Waals surface area (Å²) in [6, 6.07) is 10.0. The molecule has 1 atom stereocenters. The van der Waals surface area contributed by atoms with Crippen LogP contribution in [-0.2, 0) is 44.9 Å². The van der Waals surface area contributed by atoms with Gasteiger partial charge in [0.15, 0.2) is 0 Å². The van der Waals surface area contributed by atoms with E-state index in [9.17, 15) is 0 Å². The summed E-state index contributed by atoms with van der Waals surface area (Å²) in [5, 5.41) is 0.551. The van der Waals surface area contributed by atoms with E-state index in [1.807, 2.05) is 17.8 Å². The van der Waals surface area contributed by atoms with Crippen LogP contribution in [0.3, 0.4) is 0 Å². The fourth-order valence-corrected chi connectivity index (χ4v) is 6.80. The lowest BCUT2D eigenvalue weighted by atomic mass is 9.91. The number of hydrogen-bond acceptors (Lipinski definition) is 1. The Morgan fingerprint density at radius 1 is 0.794 bits per heavy atom. The molecular formula is C33H46S. The lowest BCUT2D eigenvalue weighted by Gasteiger charge is -2.15. The minimum absolute atomic E-state index is 0.551. The van der Waals surface area contributed by atoms with Crippen molar-refractivity contribution in [2.45, 2.75) is 115 Å². The monoisotopic (exact) mass is 474 g/mol. The molecule has 0 saturated carbocycles. The maximum Gasteiger partial charge on any atom is 0.0342 e. The third-order valence-electron chi connectivity index (χ3n) is 7.62. The number of rotatable bonds is 14. The highest BCUT2D eigenvalue weighted by molar-refractivity contribution is 8.00. The van der Waals surface area contributed by atoms with Gasteiger partial charge in [0, 0.05) is 10.1 Å². The lowest BCUT2D eigenvalue weighted by molar-refractivity contribution is 0.672. The summed E-state index contributed by atoms with van der Waals surface area (Å²) >= 11 is 2.04. The van der Waals surface area contributed by atoms with E-state index in [2.05, 4.69) is 65.1 Å². The van der Waals surface area contributed by atoms with E-state index in [0.29, 0.717) is 5.25 Å². The summed E-state index contributed by atoms with van der Waals surface area (Å²) in [5.41, 5.74) is 12.4. The van der Waals surface area contributed by atoms with Gasteiger partial charge in [-0.25, -0.2) is 0 Å². The maximum atomic E-state index is 4.38. The van der Waals surface area contributed by atoms with Crippen molar-refractivity contribution in [3.63, 3.8) is 0 Å². The maximum absolute atomic E-state index is 4.38. The first-order valence-electron chi connectivity index (χ1n) is 13.8. The van der Waals surface area contributed by atoms with Crippen molar-refractivity contribution in [1.29, 1.82) is 0 Å². The van der Waals surface area contributed by atoms with Gasteiger partial charge in [-0.2, -0.15) is 0 Å². The van der Waals surface area contributed by atoms with Crippen molar-refractivity contribution in [3.05, 3.63) is 88.0 Å². The molecule has 3 rings (SSSR count). The van der Waals surface area contributed by atoms with Crippen molar-refractivity contribution in [1.82, 2.24) is 0 Å². The van der Waals surface area contributed by atoms with Crippen LogP contribution < -0.4 is 0 Å². The molecule has 0 radical (unpaired) electrons. The Kier molecular flexibility index (Phi) is 10.6. The quantitative estimate of drug-likeness (QED) is 0.194. The molecule has 1 unspecified atom stereocenters. The summed E-state index contributed by atoms with van der Waals surface area (Å²) in [7, 11) is 0. The average molecular weight is 475 g/mol. The Labute approximate surface area is 214 Å². The second-order valence-corrected chi connectivity index (χ2v) is 11.1. The predicted octanol–water partition coefficient (Wildman–Crippen LogP) is 9.43. The van der Waals surface area contributed by atoms with E-state index in [4.69, 9.17) is 0 Å². The number of hydrogen-bond donors (Lipinski definition) is 0. The van der Waals surface area contributed by atoms with Gasteiger partial charge in [0.25, 0.3) is 0 Å². The van der Waals surface area contributed by atoms with E-state index >= 15 is 0 Å². The molecule has 0 N–H and O–H groups in total. The van der Waals surface area contributed by atoms with E-state index in [1.54, 1.807) is 38.9 Å². The zero-order valence-corrected chi connectivity index (χ0v) is 23.1. The number of fused-ring (bicyclic) bond motifs is 1. The van der Waals surface area contributed by atoms with Crippen LogP contribution in [0.15, 0.2) is 54.0 Å². The Bertz CT molecular complexity index is 981. The largest absolute Gasteiger partial charge is 0.118 e. The fourth-order valence-electron chi connectivity index (χ4n) is 5.44. The summed E-state index contributed by atoms with van der Waals surface area (Å²) in [5.74, 6) is 0. The topological polar surface area (TPSA) is 0 Å². The average Bonchev–Trinajstić information content (AvgIpc) is 3.28. The van der Waals surface area contributed by atoms with Gasteiger partial charge in [-0.05, 0) is 116 Å². The number of unbranched alkanes of at least 4 members (excludes halogenated alkanes) is 2. The number of aryl methyl sites for hydroxylation is 6. The molecule has 2 aromatic rings. The highest BCUT2D eigenvalue weighted by atomic mass is 32.2. The summed E-state index contributed by atoms with van der Waals surface area (Å²) in [6.07, 6.45) is 16.2. The van der Waals surface area contributed by atoms with Gasteiger partial charge < -0.3 is 0 Å². The summed E-state index contributed by atoms with van der Waals surface area (Å²) < 4.78 is 0. The van der Waals surface area contributed by atoms with Gasteiger partial charge >= 0.3 is 0 Å². The molecule has 0 nitrogen and oxygen atoms in total. The fraction of sp³-hybridized carbons (Fsp3) is 0.515. The molecule has 1 aliphatic rings. The highest BCUT2D eigenvalue weighted by Gasteiger charge is 2.25. The molecule has 184 valence electrons.